The minimum atomic E-state index is -0.979. The molecule has 1 aliphatic heterocycles. The minimum absolute atomic E-state index is 0.196. The van der Waals surface area contributed by atoms with Gasteiger partial charge in [-0.25, -0.2) is 0 Å². The predicted octanol–water partition coefficient (Wildman–Crippen LogP) is 6.20. The Hall–Kier alpha value is -3.85. The molecule has 5 atom stereocenters. The summed E-state index contributed by atoms with van der Waals surface area (Å²) in [6.07, 6.45) is -3.53. The molecule has 0 amide bonds. The zero-order valence-electron chi connectivity index (χ0n) is 24.1. The molecule has 1 saturated heterocycles. The maximum Gasteiger partial charge on any atom is 0.306 e. The number of carboxylic acid groups (broad SMARTS) is 1. The maximum atomic E-state index is 12.0. The van der Waals surface area contributed by atoms with E-state index < -0.39 is 36.5 Å². The summed E-state index contributed by atoms with van der Waals surface area (Å²) in [5.41, 5.74) is 3.99. The van der Waals surface area contributed by atoms with E-state index in [0.29, 0.717) is 19.8 Å². The topological polar surface area (TPSA) is 83.5 Å². The largest absolute Gasteiger partial charge is 0.481 e. The van der Waals surface area contributed by atoms with Gasteiger partial charge in [0.15, 0.2) is 0 Å². The van der Waals surface area contributed by atoms with Crippen molar-refractivity contribution < 1.29 is 33.6 Å². The van der Waals surface area contributed by atoms with Crippen LogP contribution in [-0.2, 0) is 54.9 Å². The van der Waals surface area contributed by atoms with Crippen LogP contribution in [0.4, 0.5) is 0 Å². The Morgan fingerprint density at radius 1 is 0.535 bits per heavy atom. The Morgan fingerprint density at radius 3 is 1.33 bits per heavy atom. The molecular formula is C36H38O7. The summed E-state index contributed by atoms with van der Waals surface area (Å²) in [6.45, 7) is 1.49. The van der Waals surface area contributed by atoms with Crippen LogP contribution >= 0.6 is 0 Å². The van der Waals surface area contributed by atoms with Crippen LogP contribution in [0.1, 0.15) is 28.7 Å². The van der Waals surface area contributed by atoms with Crippen molar-refractivity contribution in [3.63, 3.8) is 0 Å². The quantitative estimate of drug-likeness (QED) is 0.179. The molecule has 0 unspecified atom stereocenters. The van der Waals surface area contributed by atoms with Crippen molar-refractivity contribution in [1.29, 1.82) is 0 Å². The molecule has 7 heteroatoms. The summed E-state index contributed by atoms with van der Waals surface area (Å²) in [7, 11) is 0. The molecule has 5 rings (SSSR count). The SMILES string of the molecule is O=C(O)C[C@@H]1O[C@H](COCc2ccccc2)[C@H](OCc2ccccc2)[C@H](OCc2ccccc2)[C@H]1OCc1ccccc1. The fraction of sp³-hybridized carbons (Fsp3) is 0.306. The third-order valence-corrected chi connectivity index (χ3v) is 7.36. The summed E-state index contributed by atoms with van der Waals surface area (Å²) in [6, 6.07) is 39.4. The van der Waals surface area contributed by atoms with Gasteiger partial charge in [0.2, 0.25) is 0 Å². The molecule has 224 valence electrons. The first-order chi connectivity index (χ1) is 21.2. The van der Waals surface area contributed by atoms with Crippen molar-refractivity contribution in [2.24, 2.45) is 0 Å². The lowest BCUT2D eigenvalue weighted by Gasteiger charge is -2.46. The highest BCUT2D eigenvalue weighted by atomic mass is 16.6. The van der Waals surface area contributed by atoms with Crippen LogP contribution in [0.2, 0.25) is 0 Å². The van der Waals surface area contributed by atoms with Gasteiger partial charge in [-0.2, -0.15) is 0 Å². The molecule has 0 spiro atoms. The van der Waals surface area contributed by atoms with Gasteiger partial charge in [-0.1, -0.05) is 121 Å². The van der Waals surface area contributed by atoms with E-state index in [1.54, 1.807) is 0 Å². The van der Waals surface area contributed by atoms with Crippen LogP contribution in [-0.4, -0.2) is 48.2 Å². The summed E-state index contributed by atoms with van der Waals surface area (Å²) in [5, 5.41) is 9.85. The molecule has 1 heterocycles. The Kier molecular flexibility index (Phi) is 11.5. The third-order valence-electron chi connectivity index (χ3n) is 7.36. The van der Waals surface area contributed by atoms with E-state index in [2.05, 4.69) is 0 Å². The van der Waals surface area contributed by atoms with E-state index in [0.717, 1.165) is 22.3 Å². The molecule has 1 aliphatic rings. The molecule has 1 fully saturated rings. The third kappa shape index (κ3) is 9.32. The second-order valence-electron chi connectivity index (χ2n) is 10.6. The van der Waals surface area contributed by atoms with Crippen LogP contribution in [0.15, 0.2) is 121 Å². The first kappa shape index (κ1) is 30.6. The highest BCUT2D eigenvalue weighted by molar-refractivity contribution is 5.67. The molecule has 0 saturated carbocycles. The van der Waals surface area contributed by atoms with Crippen LogP contribution in [0.25, 0.3) is 0 Å². The van der Waals surface area contributed by atoms with E-state index in [-0.39, 0.29) is 19.6 Å². The zero-order chi connectivity index (χ0) is 29.7. The number of carbonyl (C=O) groups is 1. The molecule has 4 aromatic rings. The lowest BCUT2D eigenvalue weighted by atomic mass is 9.92. The lowest BCUT2D eigenvalue weighted by Crippen LogP contribution is -2.61. The van der Waals surface area contributed by atoms with E-state index in [1.807, 2.05) is 121 Å². The average molecular weight is 583 g/mol. The first-order valence-electron chi connectivity index (χ1n) is 14.6. The number of hydrogen-bond acceptors (Lipinski definition) is 6. The molecule has 0 bridgehead atoms. The molecule has 43 heavy (non-hydrogen) atoms. The summed E-state index contributed by atoms with van der Waals surface area (Å²) < 4.78 is 32.2. The zero-order valence-corrected chi connectivity index (χ0v) is 24.1. The van der Waals surface area contributed by atoms with Gasteiger partial charge in [-0.3, -0.25) is 4.79 Å². The second kappa shape index (κ2) is 16.1. The van der Waals surface area contributed by atoms with Crippen molar-refractivity contribution in [3.05, 3.63) is 144 Å². The number of aliphatic carboxylic acids is 1. The monoisotopic (exact) mass is 582 g/mol. The second-order valence-corrected chi connectivity index (χ2v) is 10.6. The van der Waals surface area contributed by atoms with Gasteiger partial charge in [0, 0.05) is 0 Å². The Balaban J connectivity index is 1.42. The summed E-state index contributed by atoms with van der Waals surface area (Å²) in [5.74, 6) is -0.979. The van der Waals surface area contributed by atoms with Crippen molar-refractivity contribution in [2.45, 2.75) is 63.4 Å². The molecule has 0 aromatic heterocycles. The maximum absolute atomic E-state index is 12.0. The van der Waals surface area contributed by atoms with E-state index in [4.69, 9.17) is 23.7 Å². The van der Waals surface area contributed by atoms with Gasteiger partial charge < -0.3 is 28.8 Å². The molecule has 7 nitrogen and oxygen atoms in total. The molecular weight excluding hydrogens is 544 g/mol. The molecule has 0 aliphatic carbocycles. The molecule has 4 aromatic carbocycles. The van der Waals surface area contributed by atoms with Gasteiger partial charge in [0.1, 0.15) is 24.4 Å². The smallest absolute Gasteiger partial charge is 0.306 e. The Morgan fingerprint density at radius 2 is 0.907 bits per heavy atom. The van der Waals surface area contributed by atoms with Crippen LogP contribution in [0.3, 0.4) is 0 Å². The summed E-state index contributed by atoms with van der Waals surface area (Å²) in [4.78, 5) is 12.0. The fourth-order valence-electron chi connectivity index (χ4n) is 5.22. The number of hydrogen-bond donors (Lipinski definition) is 1. The Labute approximate surface area is 252 Å². The van der Waals surface area contributed by atoms with Gasteiger partial charge in [-0.05, 0) is 22.3 Å². The van der Waals surface area contributed by atoms with Crippen molar-refractivity contribution in [3.8, 4) is 0 Å². The van der Waals surface area contributed by atoms with Gasteiger partial charge >= 0.3 is 5.97 Å². The first-order valence-corrected chi connectivity index (χ1v) is 14.6. The lowest BCUT2D eigenvalue weighted by molar-refractivity contribution is -0.273. The standard InChI is InChI=1S/C36H38O7/c37-33(38)21-31-34(40-23-28-15-7-2-8-16-28)36(42-25-30-19-11-4-12-20-30)35(41-24-29-17-9-3-10-18-29)32(43-31)26-39-22-27-13-5-1-6-14-27/h1-20,31-32,34-36H,21-26H2,(H,37,38)/t31-,32+,34-,35-,36+/m0/s1. The Bertz CT molecular complexity index is 1350. The van der Waals surface area contributed by atoms with Crippen molar-refractivity contribution >= 4 is 5.97 Å². The average Bonchev–Trinajstić information content (AvgIpc) is 3.04. The molecule has 1 N–H and O–H groups in total. The fourth-order valence-corrected chi connectivity index (χ4v) is 5.22. The van der Waals surface area contributed by atoms with Crippen molar-refractivity contribution in [1.82, 2.24) is 0 Å². The number of rotatable bonds is 15. The predicted molar refractivity (Wildman–Crippen MR) is 162 cm³/mol. The van der Waals surface area contributed by atoms with E-state index in [9.17, 15) is 9.90 Å². The molecule has 0 radical (unpaired) electrons. The van der Waals surface area contributed by atoms with Gasteiger partial charge in [-0.15, -0.1) is 0 Å². The van der Waals surface area contributed by atoms with Crippen LogP contribution in [0.5, 0.6) is 0 Å². The highest BCUT2D eigenvalue weighted by Gasteiger charge is 2.49. The van der Waals surface area contributed by atoms with Gasteiger partial charge in [0.25, 0.3) is 0 Å². The highest BCUT2D eigenvalue weighted by Crippen LogP contribution is 2.32. The van der Waals surface area contributed by atoms with Crippen LogP contribution < -0.4 is 0 Å². The van der Waals surface area contributed by atoms with E-state index >= 15 is 0 Å². The van der Waals surface area contributed by atoms with Crippen molar-refractivity contribution in [2.75, 3.05) is 6.61 Å². The van der Waals surface area contributed by atoms with Crippen LogP contribution in [0, 0.1) is 0 Å². The van der Waals surface area contributed by atoms with E-state index in [1.165, 1.54) is 0 Å². The number of ether oxygens (including phenoxy) is 5. The normalized spacial score (nSPS) is 21.8. The minimum Gasteiger partial charge on any atom is -0.481 e. The number of benzene rings is 4. The summed E-state index contributed by atoms with van der Waals surface area (Å²) >= 11 is 0. The number of carboxylic acids is 1. The van der Waals surface area contributed by atoms with Gasteiger partial charge in [0.05, 0.1) is 45.6 Å².